The predicted molar refractivity (Wildman–Crippen MR) is 89.9 cm³/mol. The van der Waals surface area contributed by atoms with Crippen LogP contribution in [0.15, 0.2) is 54.6 Å². The van der Waals surface area contributed by atoms with Crippen molar-refractivity contribution in [1.82, 2.24) is 5.32 Å². The van der Waals surface area contributed by atoms with Gasteiger partial charge in [-0.2, -0.15) is 0 Å². The molecule has 2 aromatic carbocycles. The maximum absolute atomic E-state index is 11.8. The van der Waals surface area contributed by atoms with Gasteiger partial charge in [0.25, 0.3) is 0 Å². The number of carbonyl (C=O) groups excluding carboxylic acids is 2. The molecule has 0 aliphatic carbocycles. The van der Waals surface area contributed by atoms with Crippen molar-refractivity contribution in [2.75, 3.05) is 0 Å². The van der Waals surface area contributed by atoms with E-state index in [1.54, 1.807) is 24.3 Å². The second-order valence-electron chi connectivity index (χ2n) is 5.36. The van der Waals surface area contributed by atoms with Crippen molar-refractivity contribution < 1.29 is 24.2 Å². The molecule has 7 nitrogen and oxygen atoms in total. The number of alkyl carbamates (subject to hydrolysis) is 1. The minimum Gasteiger partial charge on any atom is -0.480 e. The van der Waals surface area contributed by atoms with Crippen LogP contribution in [0.3, 0.4) is 0 Å². The Labute approximate surface area is 144 Å². The van der Waals surface area contributed by atoms with Gasteiger partial charge in [0.2, 0.25) is 5.91 Å². The van der Waals surface area contributed by atoms with Gasteiger partial charge in [0.1, 0.15) is 12.6 Å². The van der Waals surface area contributed by atoms with Gasteiger partial charge in [0.15, 0.2) is 0 Å². The number of nitrogens with two attached hydrogens (primary N) is 1. The summed E-state index contributed by atoms with van der Waals surface area (Å²) in [5.41, 5.74) is 6.92. The van der Waals surface area contributed by atoms with Crippen LogP contribution in [0, 0.1) is 0 Å². The van der Waals surface area contributed by atoms with Gasteiger partial charge in [-0.25, -0.2) is 9.59 Å². The zero-order valence-electron chi connectivity index (χ0n) is 13.3. The zero-order valence-corrected chi connectivity index (χ0v) is 13.3. The van der Waals surface area contributed by atoms with E-state index in [1.165, 1.54) is 12.1 Å². The van der Waals surface area contributed by atoms with Crippen LogP contribution in [0.1, 0.15) is 21.5 Å². The lowest BCUT2D eigenvalue weighted by Gasteiger charge is -2.15. The highest BCUT2D eigenvalue weighted by molar-refractivity contribution is 5.92. The van der Waals surface area contributed by atoms with E-state index in [2.05, 4.69) is 5.32 Å². The molecule has 2 amide bonds. The molecular weight excluding hydrogens is 324 g/mol. The summed E-state index contributed by atoms with van der Waals surface area (Å²) in [5, 5.41) is 11.6. The molecule has 0 saturated carbocycles. The van der Waals surface area contributed by atoms with Gasteiger partial charge in [-0.05, 0) is 23.3 Å². The molecule has 1 atom stereocenters. The van der Waals surface area contributed by atoms with Crippen molar-refractivity contribution in [2.45, 2.75) is 19.1 Å². The molecule has 0 unspecified atom stereocenters. The predicted octanol–water partition coefficient (Wildman–Crippen LogP) is 1.71. The standard InChI is InChI=1S/C18H18N2O5/c19-16(21)14-8-6-12(7-9-14)10-15(17(22)23)20-18(24)25-11-13-4-2-1-3-5-13/h1-9,15H,10-11H2,(H2,19,21)(H,20,24)(H,22,23)/t15-/m0/s1. The van der Waals surface area contributed by atoms with Crippen molar-refractivity contribution in [3.8, 4) is 0 Å². The third-order valence-electron chi connectivity index (χ3n) is 3.48. The molecular formula is C18H18N2O5. The average Bonchev–Trinajstić information content (AvgIpc) is 2.60. The van der Waals surface area contributed by atoms with Gasteiger partial charge in [-0.1, -0.05) is 42.5 Å². The Morgan fingerprint density at radius 3 is 2.20 bits per heavy atom. The van der Waals surface area contributed by atoms with Gasteiger partial charge in [-0.15, -0.1) is 0 Å². The van der Waals surface area contributed by atoms with Crippen LogP contribution in [-0.2, 0) is 22.6 Å². The number of hydrogen-bond donors (Lipinski definition) is 3. The van der Waals surface area contributed by atoms with E-state index in [0.717, 1.165) is 5.56 Å². The Morgan fingerprint density at radius 2 is 1.64 bits per heavy atom. The molecule has 25 heavy (non-hydrogen) atoms. The van der Waals surface area contributed by atoms with Gasteiger partial charge in [0, 0.05) is 12.0 Å². The topological polar surface area (TPSA) is 119 Å². The molecule has 0 heterocycles. The number of carboxylic acid groups (broad SMARTS) is 1. The van der Waals surface area contributed by atoms with Crippen LogP contribution < -0.4 is 11.1 Å². The molecule has 130 valence electrons. The summed E-state index contributed by atoms with van der Waals surface area (Å²) in [6.07, 6.45) is -0.764. The first-order valence-electron chi connectivity index (χ1n) is 7.54. The quantitative estimate of drug-likeness (QED) is 0.708. The fraction of sp³-hybridized carbons (Fsp3) is 0.167. The molecule has 0 radical (unpaired) electrons. The summed E-state index contributed by atoms with van der Waals surface area (Å²) in [6, 6.07) is 14.1. The summed E-state index contributed by atoms with van der Waals surface area (Å²) in [4.78, 5) is 34.2. The highest BCUT2D eigenvalue weighted by Gasteiger charge is 2.21. The number of aliphatic carboxylic acids is 1. The molecule has 2 rings (SSSR count). The minimum atomic E-state index is -1.18. The normalized spacial score (nSPS) is 11.4. The number of rotatable bonds is 7. The summed E-state index contributed by atoms with van der Waals surface area (Å²) < 4.78 is 5.02. The first kappa shape index (κ1) is 18.0. The number of nitrogens with one attached hydrogen (secondary N) is 1. The first-order valence-corrected chi connectivity index (χ1v) is 7.54. The monoisotopic (exact) mass is 342 g/mol. The Bertz CT molecular complexity index is 744. The lowest BCUT2D eigenvalue weighted by molar-refractivity contribution is -0.139. The summed E-state index contributed by atoms with van der Waals surface area (Å²) in [5.74, 6) is -1.75. The first-order chi connectivity index (χ1) is 12.0. The molecule has 0 bridgehead atoms. The fourth-order valence-electron chi connectivity index (χ4n) is 2.15. The van der Waals surface area contributed by atoms with E-state index in [0.29, 0.717) is 11.1 Å². The Hall–Kier alpha value is -3.35. The van der Waals surface area contributed by atoms with Crippen LogP contribution in [0.25, 0.3) is 0 Å². The number of primary amides is 1. The van der Waals surface area contributed by atoms with E-state index in [4.69, 9.17) is 10.5 Å². The van der Waals surface area contributed by atoms with Crippen LogP contribution in [0.2, 0.25) is 0 Å². The molecule has 0 aromatic heterocycles. The molecule has 7 heteroatoms. The van der Waals surface area contributed by atoms with Crippen LogP contribution in [-0.4, -0.2) is 29.1 Å². The molecule has 2 aromatic rings. The van der Waals surface area contributed by atoms with Gasteiger partial charge < -0.3 is 20.9 Å². The SMILES string of the molecule is NC(=O)c1ccc(C[C@H](NC(=O)OCc2ccccc2)C(=O)O)cc1. The highest BCUT2D eigenvalue weighted by atomic mass is 16.5. The van der Waals surface area contributed by atoms with Crippen LogP contribution in [0.4, 0.5) is 4.79 Å². The lowest BCUT2D eigenvalue weighted by Crippen LogP contribution is -2.42. The summed E-state index contributed by atoms with van der Waals surface area (Å²) >= 11 is 0. The minimum absolute atomic E-state index is 0.0479. The second-order valence-corrected chi connectivity index (χ2v) is 5.36. The summed E-state index contributed by atoms with van der Waals surface area (Å²) in [6.45, 7) is 0.0479. The van der Waals surface area contributed by atoms with Crippen molar-refractivity contribution >= 4 is 18.0 Å². The van der Waals surface area contributed by atoms with Crippen molar-refractivity contribution in [3.63, 3.8) is 0 Å². The number of carbonyl (C=O) groups is 3. The van der Waals surface area contributed by atoms with Crippen molar-refractivity contribution in [2.24, 2.45) is 5.73 Å². The van der Waals surface area contributed by atoms with Gasteiger partial charge >= 0.3 is 12.1 Å². The van der Waals surface area contributed by atoms with Gasteiger partial charge in [-0.3, -0.25) is 4.79 Å². The maximum atomic E-state index is 11.8. The highest BCUT2D eigenvalue weighted by Crippen LogP contribution is 2.08. The maximum Gasteiger partial charge on any atom is 0.408 e. The third kappa shape index (κ3) is 5.65. The Balaban J connectivity index is 1.92. The second kappa shape index (κ2) is 8.49. The zero-order chi connectivity index (χ0) is 18.2. The van der Waals surface area contributed by atoms with E-state index in [9.17, 15) is 19.5 Å². The average molecular weight is 342 g/mol. The molecule has 0 spiro atoms. The number of ether oxygens (including phenoxy) is 1. The van der Waals surface area contributed by atoms with E-state index in [-0.39, 0.29) is 13.0 Å². The Morgan fingerprint density at radius 1 is 1.00 bits per heavy atom. The van der Waals surface area contributed by atoms with Gasteiger partial charge in [0.05, 0.1) is 0 Å². The molecule has 0 aliphatic rings. The number of benzene rings is 2. The number of hydrogen-bond acceptors (Lipinski definition) is 4. The van der Waals surface area contributed by atoms with Crippen LogP contribution in [0.5, 0.6) is 0 Å². The molecule has 0 saturated heterocycles. The largest absolute Gasteiger partial charge is 0.480 e. The smallest absolute Gasteiger partial charge is 0.408 e. The molecule has 0 aliphatic heterocycles. The fourth-order valence-corrected chi connectivity index (χ4v) is 2.15. The van der Waals surface area contributed by atoms with E-state index >= 15 is 0 Å². The third-order valence-corrected chi connectivity index (χ3v) is 3.48. The van der Waals surface area contributed by atoms with Crippen molar-refractivity contribution in [3.05, 3.63) is 71.3 Å². The number of amides is 2. The summed E-state index contributed by atoms with van der Waals surface area (Å²) in [7, 11) is 0. The molecule has 4 N–H and O–H groups in total. The van der Waals surface area contributed by atoms with E-state index < -0.39 is 24.0 Å². The lowest BCUT2D eigenvalue weighted by atomic mass is 10.0. The Kier molecular flexibility index (Phi) is 6.11. The number of carboxylic acids is 1. The van der Waals surface area contributed by atoms with Crippen LogP contribution >= 0.6 is 0 Å². The molecule has 0 fully saturated rings. The van der Waals surface area contributed by atoms with E-state index in [1.807, 2.05) is 18.2 Å². The van der Waals surface area contributed by atoms with Crippen molar-refractivity contribution in [1.29, 1.82) is 0 Å².